The molecule has 0 fully saturated rings. The summed E-state index contributed by atoms with van der Waals surface area (Å²) in [6.07, 6.45) is 1.72. The van der Waals surface area contributed by atoms with Crippen LogP contribution in [0.1, 0.15) is 105 Å². The molecular formula is C61H60N4OS. The quantitative estimate of drug-likeness (QED) is 0.187. The average Bonchev–Trinajstić information content (AvgIpc) is 3.87. The van der Waals surface area contributed by atoms with E-state index in [-0.39, 0.29) is 27.4 Å². The van der Waals surface area contributed by atoms with Gasteiger partial charge in [0.1, 0.15) is 17.9 Å². The number of thiophene rings is 1. The lowest BCUT2D eigenvalue weighted by Gasteiger charge is -2.28. The molecule has 0 spiro atoms. The Hall–Kier alpha value is -6.63. The van der Waals surface area contributed by atoms with Crippen molar-refractivity contribution in [1.29, 1.82) is 0 Å². The maximum absolute atomic E-state index is 12.6. The second-order valence-electron chi connectivity index (χ2n) is 22.4. The molecule has 336 valence electrons. The third-order valence-corrected chi connectivity index (χ3v) is 14.7. The maximum Gasteiger partial charge on any atom is 0.149 e. The topological polar surface area (TPSA) is 63.8 Å². The van der Waals surface area contributed by atoms with Gasteiger partial charge in [-0.3, -0.25) is 4.57 Å². The van der Waals surface area contributed by atoms with Gasteiger partial charge in [0.25, 0.3) is 0 Å². The molecule has 0 atom stereocenters. The number of para-hydroxylation sites is 1. The van der Waals surface area contributed by atoms with E-state index in [1.807, 2.05) is 0 Å². The molecule has 0 aliphatic carbocycles. The van der Waals surface area contributed by atoms with Gasteiger partial charge in [-0.2, -0.15) is 0 Å². The van der Waals surface area contributed by atoms with Crippen LogP contribution in [0.3, 0.4) is 0 Å². The van der Waals surface area contributed by atoms with E-state index in [1.165, 1.54) is 26.6 Å². The molecule has 0 bridgehead atoms. The van der Waals surface area contributed by atoms with Crippen molar-refractivity contribution < 1.29 is 5.11 Å². The first kappa shape index (κ1) is 44.2. The summed E-state index contributed by atoms with van der Waals surface area (Å²) in [6.45, 7) is 26.8. The van der Waals surface area contributed by atoms with Crippen molar-refractivity contribution in [2.45, 2.75) is 105 Å². The zero-order chi connectivity index (χ0) is 47.4. The van der Waals surface area contributed by atoms with Crippen molar-refractivity contribution in [1.82, 2.24) is 19.5 Å². The predicted molar refractivity (Wildman–Crippen MR) is 285 cm³/mol. The van der Waals surface area contributed by atoms with Gasteiger partial charge in [-0.05, 0) is 96.6 Å². The van der Waals surface area contributed by atoms with Crippen LogP contribution in [0, 0.1) is 0 Å². The SMILES string of the molecule is CC(C)(C)c1cc(-c2cccc3c2nc(-c2cc(C(C)(C)C)cc(C(C)(C)C)c2O)n3-c2ccc(C(C)(C)C)cc2-c2ccccc2)cc(-c2ncnc3c2sc2c4ccccc4ccc32)c1. The molecule has 7 aromatic carbocycles. The zero-order valence-corrected chi connectivity index (χ0v) is 41.7. The van der Waals surface area contributed by atoms with E-state index in [0.29, 0.717) is 11.4 Å². The van der Waals surface area contributed by atoms with Gasteiger partial charge in [-0.1, -0.05) is 180 Å². The van der Waals surface area contributed by atoms with Crippen LogP contribution in [0.25, 0.3) is 92.7 Å². The van der Waals surface area contributed by atoms with Gasteiger partial charge in [0.05, 0.1) is 38.2 Å². The molecule has 0 aliphatic heterocycles. The summed E-state index contributed by atoms with van der Waals surface area (Å²) in [5, 5.41) is 16.2. The summed E-state index contributed by atoms with van der Waals surface area (Å²) < 4.78 is 4.60. The summed E-state index contributed by atoms with van der Waals surface area (Å²) in [7, 11) is 0. The molecule has 0 radical (unpaired) electrons. The molecule has 3 aromatic heterocycles. The highest BCUT2D eigenvalue weighted by atomic mass is 32.1. The molecule has 1 N–H and O–H groups in total. The Labute approximate surface area is 399 Å². The number of hydrogen-bond donors (Lipinski definition) is 1. The molecule has 0 saturated carbocycles. The Morgan fingerprint density at radius 2 is 1.15 bits per heavy atom. The lowest BCUT2D eigenvalue weighted by atomic mass is 9.79. The number of aromatic nitrogens is 4. The molecule has 0 saturated heterocycles. The summed E-state index contributed by atoms with van der Waals surface area (Å²) in [6, 6.07) is 48.3. The predicted octanol–water partition coefficient (Wildman–Crippen LogP) is 16.9. The van der Waals surface area contributed by atoms with Gasteiger partial charge < -0.3 is 5.11 Å². The Balaban J connectivity index is 1.29. The Morgan fingerprint density at radius 1 is 0.478 bits per heavy atom. The average molecular weight is 897 g/mol. The van der Waals surface area contributed by atoms with Gasteiger partial charge >= 0.3 is 0 Å². The molecule has 5 nitrogen and oxygen atoms in total. The number of rotatable bonds is 5. The number of hydrogen-bond acceptors (Lipinski definition) is 5. The van der Waals surface area contributed by atoms with Crippen LogP contribution in [-0.4, -0.2) is 24.6 Å². The lowest BCUT2D eigenvalue weighted by Crippen LogP contribution is -2.17. The van der Waals surface area contributed by atoms with E-state index in [4.69, 9.17) is 15.0 Å². The van der Waals surface area contributed by atoms with Gasteiger partial charge in [0.15, 0.2) is 0 Å². The highest BCUT2D eigenvalue weighted by molar-refractivity contribution is 7.27. The number of aromatic hydroxyl groups is 1. The molecule has 10 rings (SSSR count). The van der Waals surface area contributed by atoms with Crippen molar-refractivity contribution in [3.8, 4) is 56.3 Å². The second kappa shape index (κ2) is 15.7. The fourth-order valence-electron chi connectivity index (χ4n) is 9.48. The van der Waals surface area contributed by atoms with Crippen LogP contribution in [0.5, 0.6) is 5.75 Å². The van der Waals surface area contributed by atoms with E-state index in [2.05, 4.69) is 221 Å². The lowest BCUT2D eigenvalue weighted by molar-refractivity contribution is 0.446. The highest BCUT2D eigenvalue weighted by Crippen LogP contribution is 2.47. The summed E-state index contributed by atoms with van der Waals surface area (Å²) >= 11 is 1.77. The molecular weight excluding hydrogens is 837 g/mol. The number of benzene rings is 7. The summed E-state index contributed by atoms with van der Waals surface area (Å²) in [5.74, 6) is 0.950. The van der Waals surface area contributed by atoms with Gasteiger partial charge in [0.2, 0.25) is 0 Å². The van der Waals surface area contributed by atoms with E-state index in [1.54, 1.807) is 17.7 Å². The Kier molecular flexibility index (Phi) is 10.4. The van der Waals surface area contributed by atoms with Gasteiger partial charge in [-0.15, -0.1) is 11.3 Å². The first-order chi connectivity index (χ1) is 31.7. The first-order valence-corrected chi connectivity index (χ1v) is 24.3. The van der Waals surface area contributed by atoms with Crippen molar-refractivity contribution in [2.75, 3.05) is 0 Å². The van der Waals surface area contributed by atoms with Crippen LogP contribution in [0.2, 0.25) is 0 Å². The highest BCUT2D eigenvalue weighted by Gasteiger charge is 2.30. The smallest absolute Gasteiger partial charge is 0.149 e. The van der Waals surface area contributed by atoms with E-state index >= 15 is 0 Å². The summed E-state index contributed by atoms with van der Waals surface area (Å²) in [5.41, 5.74) is 14.4. The van der Waals surface area contributed by atoms with Gasteiger partial charge in [-0.25, -0.2) is 15.0 Å². The maximum atomic E-state index is 12.6. The van der Waals surface area contributed by atoms with Crippen molar-refractivity contribution in [2.24, 2.45) is 0 Å². The zero-order valence-electron chi connectivity index (χ0n) is 40.9. The minimum Gasteiger partial charge on any atom is -0.507 e. The fraction of sp³-hybridized carbons (Fsp3) is 0.262. The molecule has 0 aliphatic rings. The molecule has 10 aromatic rings. The van der Waals surface area contributed by atoms with Gasteiger partial charge in [0, 0.05) is 32.3 Å². The van der Waals surface area contributed by atoms with Crippen LogP contribution >= 0.6 is 11.3 Å². The Morgan fingerprint density at radius 3 is 1.87 bits per heavy atom. The first-order valence-electron chi connectivity index (χ1n) is 23.5. The molecule has 0 unspecified atom stereocenters. The largest absolute Gasteiger partial charge is 0.507 e. The molecule has 6 heteroatoms. The van der Waals surface area contributed by atoms with Crippen molar-refractivity contribution in [3.05, 3.63) is 162 Å². The molecule has 67 heavy (non-hydrogen) atoms. The van der Waals surface area contributed by atoms with Crippen molar-refractivity contribution in [3.63, 3.8) is 0 Å². The third-order valence-electron chi connectivity index (χ3n) is 13.4. The number of fused-ring (bicyclic) bond motifs is 6. The number of phenolic OH excluding ortho intramolecular Hbond substituents is 1. The van der Waals surface area contributed by atoms with Crippen molar-refractivity contribution >= 4 is 53.4 Å². The minimum absolute atomic E-state index is 0.0787. The molecule has 3 heterocycles. The fourth-order valence-corrected chi connectivity index (χ4v) is 10.8. The number of imidazole rings is 1. The normalized spacial score (nSPS) is 12.8. The number of nitrogens with zero attached hydrogens (tertiary/aromatic N) is 4. The number of phenols is 1. The minimum atomic E-state index is -0.330. The van der Waals surface area contributed by atoms with E-state index in [0.717, 1.165) is 77.0 Å². The standard InChI is InChI=1S/C61H60N4OS/c1-58(2,3)40-26-28-49(46(32-40)36-19-14-13-15-20-36)65-50-24-18-23-43(52(50)64-57(65)47-33-42(60(7,8)9)34-48(54(47)66)61(10,11)12)38-29-39(31-41(30-38)59(4,5)6)51-56-53(63-35-62-51)45-27-25-37-21-16-17-22-44(37)55(45)67-56/h13-35,66H,1-12H3. The summed E-state index contributed by atoms with van der Waals surface area (Å²) in [4.78, 5) is 15.7. The molecule has 0 amide bonds. The second-order valence-corrected chi connectivity index (χ2v) is 23.4. The van der Waals surface area contributed by atoms with Crippen LogP contribution in [-0.2, 0) is 21.7 Å². The monoisotopic (exact) mass is 896 g/mol. The third kappa shape index (κ3) is 7.79. The van der Waals surface area contributed by atoms with E-state index < -0.39 is 0 Å². The van der Waals surface area contributed by atoms with Crippen LogP contribution in [0.15, 0.2) is 140 Å². The van der Waals surface area contributed by atoms with Crippen LogP contribution < -0.4 is 0 Å². The van der Waals surface area contributed by atoms with E-state index in [9.17, 15) is 5.11 Å². The Bertz CT molecular complexity index is 3570. The van der Waals surface area contributed by atoms with Crippen LogP contribution in [0.4, 0.5) is 0 Å².